The van der Waals surface area contributed by atoms with Gasteiger partial charge < -0.3 is 10.1 Å². The molecular formula is C10H15NO. The van der Waals surface area contributed by atoms with E-state index in [1.54, 1.807) is 0 Å². The Morgan fingerprint density at radius 1 is 1.42 bits per heavy atom. The molecule has 0 atom stereocenters. The van der Waals surface area contributed by atoms with E-state index in [1.165, 1.54) is 5.56 Å². The van der Waals surface area contributed by atoms with Gasteiger partial charge in [0.05, 0.1) is 12.3 Å². The number of hydrogen-bond acceptors (Lipinski definition) is 2. The van der Waals surface area contributed by atoms with Crippen molar-refractivity contribution < 1.29 is 4.74 Å². The first-order chi connectivity index (χ1) is 5.77. The highest BCUT2D eigenvalue weighted by molar-refractivity contribution is 5.57. The summed E-state index contributed by atoms with van der Waals surface area (Å²) >= 11 is 0. The molecule has 66 valence electrons. The van der Waals surface area contributed by atoms with Crippen LogP contribution in [-0.2, 0) is 0 Å². The molecular weight excluding hydrogens is 150 g/mol. The zero-order valence-electron chi connectivity index (χ0n) is 7.85. The molecule has 0 saturated heterocycles. The van der Waals surface area contributed by atoms with Crippen LogP contribution in [0.4, 0.5) is 5.69 Å². The molecule has 0 bridgehead atoms. The minimum absolute atomic E-state index is 0.706. The van der Waals surface area contributed by atoms with Crippen LogP contribution < -0.4 is 10.1 Å². The molecule has 1 N–H and O–H groups in total. The monoisotopic (exact) mass is 165 g/mol. The van der Waals surface area contributed by atoms with Crippen molar-refractivity contribution in [2.75, 3.05) is 19.0 Å². The zero-order valence-corrected chi connectivity index (χ0v) is 7.85. The molecule has 2 nitrogen and oxygen atoms in total. The Hall–Kier alpha value is -1.18. The number of nitrogens with one attached hydrogen (secondary N) is 1. The summed E-state index contributed by atoms with van der Waals surface area (Å²) in [6.07, 6.45) is 0. The van der Waals surface area contributed by atoms with Gasteiger partial charge in [0.2, 0.25) is 0 Å². The van der Waals surface area contributed by atoms with Crippen molar-refractivity contribution in [3.63, 3.8) is 0 Å². The molecule has 0 aliphatic heterocycles. The number of anilines is 1. The lowest BCUT2D eigenvalue weighted by atomic mass is 10.2. The molecule has 0 aliphatic rings. The Labute approximate surface area is 73.6 Å². The van der Waals surface area contributed by atoms with Gasteiger partial charge in [-0.05, 0) is 31.5 Å². The zero-order chi connectivity index (χ0) is 8.97. The summed E-state index contributed by atoms with van der Waals surface area (Å²) in [6, 6.07) is 6.11. The summed E-state index contributed by atoms with van der Waals surface area (Å²) in [7, 11) is 1.90. The van der Waals surface area contributed by atoms with Gasteiger partial charge in [0.15, 0.2) is 0 Å². The van der Waals surface area contributed by atoms with Crippen LogP contribution in [0.3, 0.4) is 0 Å². The third kappa shape index (κ3) is 1.91. The average Bonchev–Trinajstić information content (AvgIpc) is 2.08. The predicted molar refractivity (Wildman–Crippen MR) is 51.9 cm³/mol. The van der Waals surface area contributed by atoms with Crippen LogP contribution in [0.25, 0.3) is 0 Å². The molecule has 1 rings (SSSR count). The van der Waals surface area contributed by atoms with Gasteiger partial charge in [0, 0.05) is 7.05 Å². The quantitative estimate of drug-likeness (QED) is 0.742. The fourth-order valence-electron chi connectivity index (χ4n) is 1.12. The summed E-state index contributed by atoms with van der Waals surface area (Å²) in [5.74, 6) is 0.922. The van der Waals surface area contributed by atoms with Crippen LogP contribution in [0.1, 0.15) is 12.5 Å². The Morgan fingerprint density at radius 3 is 2.75 bits per heavy atom. The highest BCUT2D eigenvalue weighted by Gasteiger charge is 1.99. The Morgan fingerprint density at radius 2 is 2.17 bits per heavy atom. The maximum atomic E-state index is 5.42. The average molecular weight is 165 g/mol. The van der Waals surface area contributed by atoms with E-state index in [4.69, 9.17) is 4.74 Å². The third-order valence-electron chi connectivity index (χ3n) is 1.70. The van der Waals surface area contributed by atoms with E-state index in [1.807, 2.05) is 26.1 Å². The second-order valence-corrected chi connectivity index (χ2v) is 2.68. The maximum Gasteiger partial charge on any atom is 0.142 e. The van der Waals surface area contributed by atoms with Crippen molar-refractivity contribution in [3.8, 4) is 5.75 Å². The largest absolute Gasteiger partial charge is 0.492 e. The van der Waals surface area contributed by atoms with Gasteiger partial charge in [0.1, 0.15) is 5.75 Å². The van der Waals surface area contributed by atoms with E-state index in [-0.39, 0.29) is 0 Å². The van der Waals surface area contributed by atoms with Crippen LogP contribution in [0.15, 0.2) is 18.2 Å². The first kappa shape index (κ1) is 8.91. The van der Waals surface area contributed by atoms with E-state index in [9.17, 15) is 0 Å². The number of aryl methyl sites for hydroxylation is 1. The van der Waals surface area contributed by atoms with Gasteiger partial charge in [-0.25, -0.2) is 0 Å². The normalized spacial score (nSPS) is 9.58. The van der Waals surface area contributed by atoms with Gasteiger partial charge in [-0.15, -0.1) is 0 Å². The molecule has 1 aromatic rings. The molecule has 0 fully saturated rings. The van der Waals surface area contributed by atoms with Crippen LogP contribution in [0, 0.1) is 6.92 Å². The highest BCUT2D eigenvalue weighted by atomic mass is 16.5. The van der Waals surface area contributed by atoms with E-state index in [0.29, 0.717) is 6.61 Å². The van der Waals surface area contributed by atoms with E-state index in [0.717, 1.165) is 11.4 Å². The lowest BCUT2D eigenvalue weighted by Gasteiger charge is -2.09. The molecule has 12 heavy (non-hydrogen) atoms. The summed E-state index contributed by atoms with van der Waals surface area (Å²) in [5, 5.41) is 3.10. The molecule has 0 amide bonds. The summed E-state index contributed by atoms with van der Waals surface area (Å²) in [5.41, 5.74) is 2.29. The smallest absolute Gasteiger partial charge is 0.142 e. The van der Waals surface area contributed by atoms with Crippen LogP contribution >= 0.6 is 0 Å². The van der Waals surface area contributed by atoms with E-state index >= 15 is 0 Å². The first-order valence-electron chi connectivity index (χ1n) is 4.19. The molecule has 0 unspecified atom stereocenters. The topological polar surface area (TPSA) is 21.3 Å². The van der Waals surface area contributed by atoms with Crippen LogP contribution in [0.2, 0.25) is 0 Å². The SMILES string of the molecule is CCOc1ccc(C)cc1NC. The second kappa shape index (κ2) is 4.00. The van der Waals surface area contributed by atoms with Gasteiger partial charge in [-0.1, -0.05) is 6.07 Å². The standard InChI is InChI=1S/C10H15NO/c1-4-12-10-6-5-8(2)7-9(10)11-3/h5-7,11H,4H2,1-3H3. The van der Waals surface area contributed by atoms with Crippen molar-refractivity contribution in [1.29, 1.82) is 0 Å². The summed E-state index contributed by atoms with van der Waals surface area (Å²) in [6.45, 7) is 4.76. The minimum Gasteiger partial charge on any atom is -0.492 e. The lowest BCUT2D eigenvalue weighted by Crippen LogP contribution is -1.97. The first-order valence-corrected chi connectivity index (χ1v) is 4.19. The van der Waals surface area contributed by atoms with Crippen molar-refractivity contribution in [1.82, 2.24) is 0 Å². The fourth-order valence-corrected chi connectivity index (χ4v) is 1.12. The molecule has 2 heteroatoms. The molecule has 0 spiro atoms. The van der Waals surface area contributed by atoms with E-state index in [2.05, 4.69) is 18.3 Å². The lowest BCUT2D eigenvalue weighted by molar-refractivity contribution is 0.342. The summed E-state index contributed by atoms with van der Waals surface area (Å²) < 4.78 is 5.42. The van der Waals surface area contributed by atoms with Crippen molar-refractivity contribution in [3.05, 3.63) is 23.8 Å². The third-order valence-corrected chi connectivity index (χ3v) is 1.70. The highest BCUT2D eigenvalue weighted by Crippen LogP contribution is 2.24. The molecule has 0 aromatic heterocycles. The second-order valence-electron chi connectivity index (χ2n) is 2.68. The molecule has 0 saturated carbocycles. The van der Waals surface area contributed by atoms with Crippen molar-refractivity contribution >= 4 is 5.69 Å². The maximum absolute atomic E-state index is 5.42. The van der Waals surface area contributed by atoms with E-state index < -0.39 is 0 Å². The Balaban J connectivity index is 2.94. The predicted octanol–water partition coefficient (Wildman–Crippen LogP) is 2.44. The van der Waals surface area contributed by atoms with Crippen molar-refractivity contribution in [2.45, 2.75) is 13.8 Å². The molecule has 0 heterocycles. The van der Waals surface area contributed by atoms with Crippen LogP contribution in [0.5, 0.6) is 5.75 Å². The Bertz CT molecular complexity index is 258. The number of rotatable bonds is 3. The number of benzene rings is 1. The van der Waals surface area contributed by atoms with Gasteiger partial charge in [-0.2, -0.15) is 0 Å². The Kier molecular flexibility index (Phi) is 2.97. The van der Waals surface area contributed by atoms with Crippen LogP contribution in [-0.4, -0.2) is 13.7 Å². The van der Waals surface area contributed by atoms with Gasteiger partial charge in [0.25, 0.3) is 0 Å². The van der Waals surface area contributed by atoms with Gasteiger partial charge in [-0.3, -0.25) is 0 Å². The minimum atomic E-state index is 0.706. The molecule has 1 aromatic carbocycles. The van der Waals surface area contributed by atoms with Gasteiger partial charge >= 0.3 is 0 Å². The molecule has 0 aliphatic carbocycles. The number of ether oxygens (including phenoxy) is 1. The fraction of sp³-hybridized carbons (Fsp3) is 0.400. The summed E-state index contributed by atoms with van der Waals surface area (Å²) in [4.78, 5) is 0. The number of hydrogen-bond donors (Lipinski definition) is 1. The van der Waals surface area contributed by atoms with Crippen molar-refractivity contribution in [2.24, 2.45) is 0 Å². The molecule has 0 radical (unpaired) electrons.